The molecule has 0 spiro atoms. The maximum absolute atomic E-state index is 10.4. The highest BCUT2D eigenvalue weighted by Gasteiger charge is 2.10. The van der Waals surface area contributed by atoms with Crippen LogP contribution in [0.15, 0.2) is 6.20 Å². The van der Waals surface area contributed by atoms with Crippen LogP contribution in [0.25, 0.3) is 0 Å². The number of aryl methyl sites for hydroxylation is 2. The molecule has 0 saturated carbocycles. The Morgan fingerprint density at radius 1 is 1.73 bits per heavy atom. The Hall–Kier alpha value is -1.36. The van der Waals surface area contributed by atoms with E-state index in [-0.39, 0.29) is 12.5 Å². The molecule has 5 nitrogen and oxygen atoms in total. The van der Waals surface area contributed by atoms with Crippen molar-refractivity contribution in [3.05, 3.63) is 17.5 Å². The Morgan fingerprint density at radius 2 is 2.40 bits per heavy atom. The Labute approximate surface area is 88.9 Å². The van der Waals surface area contributed by atoms with Crippen molar-refractivity contribution in [3.8, 4) is 0 Å². The van der Waals surface area contributed by atoms with Gasteiger partial charge < -0.3 is 10.8 Å². The smallest absolute Gasteiger partial charge is 0.303 e. The largest absolute Gasteiger partial charge is 0.481 e. The van der Waals surface area contributed by atoms with Gasteiger partial charge in [0.05, 0.1) is 5.69 Å². The van der Waals surface area contributed by atoms with Gasteiger partial charge in [-0.05, 0) is 25.3 Å². The van der Waals surface area contributed by atoms with Crippen LogP contribution in [0.4, 0.5) is 0 Å². The molecule has 0 aliphatic rings. The highest BCUT2D eigenvalue weighted by atomic mass is 16.4. The second kappa shape index (κ2) is 4.93. The van der Waals surface area contributed by atoms with Gasteiger partial charge in [0.1, 0.15) is 0 Å². The zero-order valence-electron chi connectivity index (χ0n) is 9.10. The van der Waals surface area contributed by atoms with Crippen molar-refractivity contribution < 1.29 is 9.90 Å². The van der Waals surface area contributed by atoms with Crippen LogP contribution in [0.5, 0.6) is 0 Å². The second-order valence-corrected chi connectivity index (χ2v) is 3.81. The number of carbonyl (C=O) groups is 1. The molecular formula is C10H17N3O2. The van der Waals surface area contributed by atoms with Gasteiger partial charge in [0.15, 0.2) is 0 Å². The summed E-state index contributed by atoms with van der Waals surface area (Å²) in [6, 6.07) is -0.107. The summed E-state index contributed by atoms with van der Waals surface area (Å²) in [5.74, 6) is -0.798. The summed E-state index contributed by atoms with van der Waals surface area (Å²) in [4.78, 5) is 10.4. The maximum atomic E-state index is 10.4. The molecule has 1 atom stereocenters. The third kappa shape index (κ3) is 3.71. The first-order valence-electron chi connectivity index (χ1n) is 4.95. The van der Waals surface area contributed by atoms with Crippen molar-refractivity contribution in [2.75, 3.05) is 0 Å². The summed E-state index contributed by atoms with van der Waals surface area (Å²) >= 11 is 0. The fraction of sp³-hybridized carbons (Fsp3) is 0.600. The zero-order chi connectivity index (χ0) is 11.4. The van der Waals surface area contributed by atoms with E-state index in [9.17, 15) is 4.79 Å². The third-order valence-corrected chi connectivity index (χ3v) is 2.33. The molecule has 1 rings (SSSR count). The molecule has 0 radical (unpaired) electrons. The Bertz CT molecular complexity index is 346. The van der Waals surface area contributed by atoms with Crippen molar-refractivity contribution in [3.63, 3.8) is 0 Å². The van der Waals surface area contributed by atoms with Crippen molar-refractivity contribution in [1.82, 2.24) is 9.78 Å². The van der Waals surface area contributed by atoms with Crippen molar-refractivity contribution in [1.29, 1.82) is 0 Å². The number of carboxylic acids is 1. The van der Waals surface area contributed by atoms with E-state index >= 15 is 0 Å². The average molecular weight is 211 g/mol. The number of carboxylic acid groups (broad SMARTS) is 1. The molecule has 0 fully saturated rings. The van der Waals surface area contributed by atoms with Gasteiger partial charge in [-0.15, -0.1) is 0 Å². The van der Waals surface area contributed by atoms with Crippen LogP contribution in [0, 0.1) is 6.92 Å². The Morgan fingerprint density at radius 3 is 2.87 bits per heavy atom. The molecule has 15 heavy (non-hydrogen) atoms. The molecular weight excluding hydrogens is 194 g/mol. The minimum Gasteiger partial charge on any atom is -0.481 e. The van der Waals surface area contributed by atoms with Crippen LogP contribution in [0.1, 0.15) is 24.1 Å². The number of aliphatic carboxylic acids is 1. The van der Waals surface area contributed by atoms with Gasteiger partial charge in [0.2, 0.25) is 0 Å². The topological polar surface area (TPSA) is 81.1 Å². The van der Waals surface area contributed by atoms with E-state index in [1.54, 1.807) is 4.68 Å². The lowest BCUT2D eigenvalue weighted by atomic mass is 10.0. The lowest BCUT2D eigenvalue weighted by molar-refractivity contribution is -0.137. The van der Waals surface area contributed by atoms with Gasteiger partial charge in [-0.3, -0.25) is 9.48 Å². The summed E-state index contributed by atoms with van der Waals surface area (Å²) in [5.41, 5.74) is 7.89. The monoisotopic (exact) mass is 211 g/mol. The molecule has 84 valence electrons. The Balaban J connectivity index is 2.47. The maximum Gasteiger partial charge on any atom is 0.303 e. The second-order valence-electron chi connectivity index (χ2n) is 3.81. The normalized spacial score (nSPS) is 12.7. The highest BCUT2D eigenvalue weighted by molar-refractivity contribution is 5.66. The third-order valence-electron chi connectivity index (χ3n) is 2.33. The fourth-order valence-electron chi connectivity index (χ4n) is 1.54. The molecule has 0 amide bonds. The van der Waals surface area contributed by atoms with E-state index in [1.165, 1.54) is 0 Å². The number of rotatable bonds is 5. The van der Waals surface area contributed by atoms with Crippen LogP contribution < -0.4 is 5.73 Å². The van der Waals surface area contributed by atoms with E-state index in [1.807, 2.05) is 20.2 Å². The highest BCUT2D eigenvalue weighted by Crippen LogP contribution is 2.09. The van der Waals surface area contributed by atoms with Crippen molar-refractivity contribution in [2.24, 2.45) is 12.8 Å². The minimum absolute atomic E-state index is 0.107. The average Bonchev–Trinajstić information content (AvgIpc) is 2.42. The minimum atomic E-state index is -0.798. The summed E-state index contributed by atoms with van der Waals surface area (Å²) in [5, 5.41) is 12.7. The first-order chi connectivity index (χ1) is 6.99. The van der Waals surface area contributed by atoms with Crippen molar-refractivity contribution in [2.45, 2.75) is 32.2 Å². The summed E-state index contributed by atoms with van der Waals surface area (Å²) in [6.45, 7) is 1.93. The molecule has 0 saturated heterocycles. The van der Waals surface area contributed by atoms with E-state index in [2.05, 4.69) is 5.10 Å². The van der Waals surface area contributed by atoms with E-state index in [0.717, 1.165) is 11.3 Å². The van der Waals surface area contributed by atoms with Gasteiger partial charge in [-0.2, -0.15) is 5.10 Å². The van der Waals surface area contributed by atoms with Gasteiger partial charge in [0, 0.05) is 25.7 Å². The van der Waals surface area contributed by atoms with Crippen LogP contribution in [-0.2, 0) is 18.3 Å². The van der Waals surface area contributed by atoms with Gasteiger partial charge in [0.25, 0.3) is 0 Å². The van der Waals surface area contributed by atoms with Crippen LogP contribution in [0.2, 0.25) is 0 Å². The van der Waals surface area contributed by atoms with Crippen molar-refractivity contribution >= 4 is 5.97 Å². The number of aromatic nitrogens is 2. The predicted octanol–water partition coefficient (Wildman–Crippen LogP) is 0.463. The van der Waals surface area contributed by atoms with Crippen LogP contribution in [-0.4, -0.2) is 26.9 Å². The predicted molar refractivity (Wildman–Crippen MR) is 56.5 cm³/mol. The molecule has 1 aromatic heterocycles. The first-order valence-corrected chi connectivity index (χ1v) is 4.95. The van der Waals surface area contributed by atoms with E-state index in [0.29, 0.717) is 12.8 Å². The molecule has 3 N–H and O–H groups in total. The number of nitrogens with two attached hydrogens (primary N) is 1. The molecule has 0 aliphatic carbocycles. The summed E-state index contributed by atoms with van der Waals surface area (Å²) in [7, 11) is 1.86. The number of nitrogens with zero attached hydrogens (tertiary/aromatic N) is 2. The molecule has 0 aliphatic heterocycles. The molecule has 1 aromatic rings. The van der Waals surface area contributed by atoms with E-state index in [4.69, 9.17) is 10.8 Å². The van der Waals surface area contributed by atoms with Gasteiger partial charge in [-0.25, -0.2) is 0 Å². The lowest BCUT2D eigenvalue weighted by Crippen LogP contribution is -2.23. The van der Waals surface area contributed by atoms with Crippen LogP contribution >= 0.6 is 0 Å². The lowest BCUT2D eigenvalue weighted by Gasteiger charge is -2.08. The molecule has 1 heterocycles. The molecule has 1 unspecified atom stereocenters. The molecule has 0 aromatic carbocycles. The number of hydrogen-bond acceptors (Lipinski definition) is 3. The quantitative estimate of drug-likeness (QED) is 0.741. The van der Waals surface area contributed by atoms with E-state index < -0.39 is 5.97 Å². The number of hydrogen-bond donors (Lipinski definition) is 2. The molecule has 0 bridgehead atoms. The van der Waals surface area contributed by atoms with Gasteiger partial charge in [-0.1, -0.05) is 0 Å². The first kappa shape index (κ1) is 11.7. The van der Waals surface area contributed by atoms with Gasteiger partial charge >= 0.3 is 5.97 Å². The standard InChI is InChI=1S/C10H17N3O2/c1-7-8(6-13(2)12-7)5-9(11)3-4-10(14)15/h6,9H,3-5,11H2,1-2H3,(H,14,15). The summed E-state index contributed by atoms with van der Waals surface area (Å²) in [6.07, 6.45) is 3.24. The summed E-state index contributed by atoms with van der Waals surface area (Å²) < 4.78 is 1.74. The van der Waals surface area contributed by atoms with Crippen LogP contribution in [0.3, 0.4) is 0 Å². The SMILES string of the molecule is Cc1nn(C)cc1CC(N)CCC(=O)O. The molecule has 5 heteroatoms. The Kier molecular flexibility index (Phi) is 3.85. The fourth-order valence-corrected chi connectivity index (χ4v) is 1.54. The zero-order valence-corrected chi connectivity index (χ0v) is 9.10.